The van der Waals surface area contributed by atoms with Gasteiger partial charge in [-0.25, -0.2) is 4.79 Å². The van der Waals surface area contributed by atoms with Gasteiger partial charge in [0.2, 0.25) is 0 Å². The molecule has 0 radical (unpaired) electrons. The molecule has 0 saturated heterocycles. The van der Waals surface area contributed by atoms with Crippen LogP contribution in [0.15, 0.2) is 30.3 Å². The predicted octanol–water partition coefficient (Wildman–Crippen LogP) is 1.93. The number of Topliss-reactive ketones (excluding diaryl/α,β-unsaturated/α-hetero) is 1. The maximum Gasteiger partial charge on any atom is 0.407 e. The lowest BCUT2D eigenvalue weighted by molar-refractivity contribution is -0.118. The minimum atomic E-state index is -0.472. The molecular formula is C13H17NO3. The largest absolute Gasteiger partial charge is 0.450 e. The Balaban J connectivity index is 2.20. The smallest absolute Gasteiger partial charge is 0.407 e. The normalized spacial score (nSPS) is 9.71. The first-order valence-corrected chi connectivity index (χ1v) is 5.68. The highest BCUT2D eigenvalue weighted by molar-refractivity contribution is 5.81. The molecule has 0 saturated carbocycles. The highest BCUT2D eigenvalue weighted by atomic mass is 16.5. The highest BCUT2D eigenvalue weighted by Crippen LogP contribution is 2.01. The van der Waals surface area contributed by atoms with Crippen molar-refractivity contribution in [2.24, 2.45) is 0 Å². The number of nitrogens with one attached hydrogen (secondary N) is 1. The third-order valence-corrected chi connectivity index (χ3v) is 2.19. The van der Waals surface area contributed by atoms with Crippen LogP contribution in [0.1, 0.15) is 18.9 Å². The van der Waals surface area contributed by atoms with Crippen molar-refractivity contribution < 1.29 is 14.3 Å². The molecule has 0 unspecified atom stereocenters. The molecule has 1 amide bonds. The molecule has 0 fully saturated rings. The number of alkyl carbamates (subject to hydrolysis) is 1. The van der Waals surface area contributed by atoms with Gasteiger partial charge < -0.3 is 10.1 Å². The first-order valence-electron chi connectivity index (χ1n) is 5.68. The molecule has 0 spiro atoms. The molecule has 1 N–H and O–H groups in total. The molecule has 4 heteroatoms. The maximum atomic E-state index is 11.6. The number of benzene rings is 1. The summed E-state index contributed by atoms with van der Waals surface area (Å²) in [5.74, 6) is 0.105. The molecule has 1 aromatic carbocycles. The second-order valence-corrected chi connectivity index (χ2v) is 3.60. The van der Waals surface area contributed by atoms with Gasteiger partial charge in [0.05, 0.1) is 6.61 Å². The van der Waals surface area contributed by atoms with E-state index in [1.54, 1.807) is 6.92 Å². The van der Waals surface area contributed by atoms with Crippen LogP contribution in [0.2, 0.25) is 0 Å². The molecular weight excluding hydrogens is 218 g/mol. The summed E-state index contributed by atoms with van der Waals surface area (Å²) < 4.78 is 4.68. The zero-order chi connectivity index (χ0) is 12.5. The van der Waals surface area contributed by atoms with Crippen LogP contribution >= 0.6 is 0 Å². The monoisotopic (exact) mass is 235 g/mol. The average molecular weight is 235 g/mol. The first-order chi connectivity index (χ1) is 8.22. The Morgan fingerprint density at radius 3 is 2.59 bits per heavy atom. The Morgan fingerprint density at radius 2 is 1.94 bits per heavy atom. The summed E-state index contributed by atoms with van der Waals surface area (Å²) in [6.45, 7) is 2.40. The number of amides is 1. The van der Waals surface area contributed by atoms with Gasteiger partial charge in [-0.15, -0.1) is 0 Å². The second kappa shape index (κ2) is 7.44. The fourth-order valence-electron chi connectivity index (χ4n) is 1.40. The van der Waals surface area contributed by atoms with E-state index in [9.17, 15) is 9.59 Å². The van der Waals surface area contributed by atoms with Crippen LogP contribution < -0.4 is 5.32 Å². The van der Waals surface area contributed by atoms with Gasteiger partial charge in [-0.1, -0.05) is 30.3 Å². The number of hydrogen-bond acceptors (Lipinski definition) is 3. The van der Waals surface area contributed by atoms with E-state index in [1.807, 2.05) is 30.3 Å². The van der Waals surface area contributed by atoms with Crippen LogP contribution in [-0.4, -0.2) is 25.0 Å². The van der Waals surface area contributed by atoms with Gasteiger partial charge in [-0.3, -0.25) is 4.79 Å². The Bertz CT molecular complexity index is 362. The molecule has 17 heavy (non-hydrogen) atoms. The number of carbonyl (C=O) groups excluding carboxylic acids is 2. The number of carbonyl (C=O) groups is 2. The lowest BCUT2D eigenvalue weighted by Crippen LogP contribution is -2.27. The van der Waals surface area contributed by atoms with Gasteiger partial charge in [0.25, 0.3) is 0 Å². The topological polar surface area (TPSA) is 55.4 Å². The quantitative estimate of drug-likeness (QED) is 0.819. The minimum Gasteiger partial charge on any atom is -0.450 e. The van der Waals surface area contributed by atoms with Crippen molar-refractivity contribution >= 4 is 11.9 Å². The number of ether oxygens (including phenoxy) is 1. The number of hydrogen-bond donors (Lipinski definition) is 1. The molecule has 0 aliphatic rings. The summed E-state index contributed by atoms with van der Waals surface area (Å²) >= 11 is 0. The van der Waals surface area contributed by atoms with Crippen molar-refractivity contribution in [3.63, 3.8) is 0 Å². The Labute approximate surface area is 101 Å². The molecule has 92 valence electrons. The third-order valence-electron chi connectivity index (χ3n) is 2.19. The van der Waals surface area contributed by atoms with Crippen LogP contribution in [0.5, 0.6) is 0 Å². The van der Waals surface area contributed by atoms with Crippen LogP contribution in [0.25, 0.3) is 0 Å². The fourth-order valence-corrected chi connectivity index (χ4v) is 1.40. The minimum absolute atomic E-state index is 0.105. The van der Waals surface area contributed by atoms with E-state index in [1.165, 1.54) is 0 Å². The Morgan fingerprint density at radius 1 is 1.24 bits per heavy atom. The Kier molecular flexibility index (Phi) is 5.79. The van der Waals surface area contributed by atoms with Crippen LogP contribution in [0, 0.1) is 0 Å². The lowest BCUT2D eigenvalue weighted by atomic mass is 10.1. The zero-order valence-corrected chi connectivity index (χ0v) is 9.94. The molecule has 1 aromatic rings. The van der Waals surface area contributed by atoms with Crippen LogP contribution in [0.3, 0.4) is 0 Å². The molecule has 0 aliphatic carbocycles. The van der Waals surface area contributed by atoms with E-state index in [0.29, 0.717) is 26.0 Å². The average Bonchev–Trinajstić information content (AvgIpc) is 2.30. The van der Waals surface area contributed by atoms with Crippen molar-refractivity contribution in [3.8, 4) is 0 Å². The van der Waals surface area contributed by atoms with Crippen molar-refractivity contribution in [1.82, 2.24) is 5.32 Å². The van der Waals surface area contributed by atoms with Crippen LogP contribution in [-0.2, 0) is 16.0 Å². The van der Waals surface area contributed by atoms with Gasteiger partial charge in [0.1, 0.15) is 5.78 Å². The van der Waals surface area contributed by atoms with Gasteiger partial charge in [-0.05, 0) is 12.5 Å². The van der Waals surface area contributed by atoms with Gasteiger partial charge >= 0.3 is 6.09 Å². The molecule has 0 bridgehead atoms. The fraction of sp³-hybridized carbons (Fsp3) is 0.385. The standard InChI is InChI=1S/C13H17NO3/c1-2-17-13(16)14-9-8-12(15)10-11-6-4-3-5-7-11/h3-7H,2,8-10H2,1H3,(H,14,16). The lowest BCUT2D eigenvalue weighted by Gasteiger charge is -2.04. The Hall–Kier alpha value is -1.84. The SMILES string of the molecule is CCOC(=O)NCCC(=O)Cc1ccccc1. The van der Waals surface area contributed by atoms with Crippen LogP contribution in [0.4, 0.5) is 4.79 Å². The van der Waals surface area contributed by atoms with E-state index in [-0.39, 0.29) is 5.78 Å². The molecule has 0 aliphatic heterocycles. The van der Waals surface area contributed by atoms with Crippen molar-refractivity contribution in [2.45, 2.75) is 19.8 Å². The second-order valence-electron chi connectivity index (χ2n) is 3.60. The zero-order valence-electron chi connectivity index (χ0n) is 9.94. The third kappa shape index (κ3) is 5.70. The van der Waals surface area contributed by atoms with E-state index in [0.717, 1.165) is 5.56 Å². The van der Waals surface area contributed by atoms with Crippen molar-refractivity contribution in [1.29, 1.82) is 0 Å². The summed E-state index contributed by atoms with van der Waals surface area (Å²) in [7, 11) is 0. The number of rotatable bonds is 6. The maximum absolute atomic E-state index is 11.6. The molecule has 0 heterocycles. The summed E-state index contributed by atoms with van der Waals surface area (Å²) in [5.41, 5.74) is 0.994. The van der Waals surface area contributed by atoms with Crippen molar-refractivity contribution in [2.75, 3.05) is 13.2 Å². The van der Waals surface area contributed by atoms with Gasteiger partial charge in [0, 0.05) is 19.4 Å². The van der Waals surface area contributed by atoms with E-state index < -0.39 is 6.09 Å². The number of ketones is 1. The predicted molar refractivity (Wildman–Crippen MR) is 64.8 cm³/mol. The highest BCUT2D eigenvalue weighted by Gasteiger charge is 2.05. The first kappa shape index (κ1) is 13.2. The molecule has 1 rings (SSSR count). The summed E-state index contributed by atoms with van der Waals surface area (Å²) in [6.07, 6.45) is 0.263. The molecule has 0 atom stereocenters. The van der Waals surface area contributed by atoms with E-state index in [2.05, 4.69) is 10.1 Å². The van der Waals surface area contributed by atoms with Gasteiger partial charge in [-0.2, -0.15) is 0 Å². The molecule has 4 nitrogen and oxygen atoms in total. The summed E-state index contributed by atoms with van der Waals surface area (Å²) in [5, 5.41) is 2.52. The van der Waals surface area contributed by atoms with E-state index in [4.69, 9.17) is 0 Å². The van der Waals surface area contributed by atoms with Gasteiger partial charge in [0.15, 0.2) is 0 Å². The summed E-state index contributed by atoms with van der Waals surface area (Å²) in [4.78, 5) is 22.5. The van der Waals surface area contributed by atoms with Crippen molar-refractivity contribution in [3.05, 3.63) is 35.9 Å². The van der Waals surface area contributed by atoms with E-state index >= 15 is 0 Å². The molecule has 0 aromatic heterocycles. The summed E-state index contributed by atoms with van der Waals surface area (Å²) in [6, 6.07) is 9.54.